The van der Waals surface area contributed by atoms with Crippen LogP contribution in [0.1, 0.15) is 17.5 Å². The first-order chi connectivity index (χ1) is 8.62. The van der Waals surface area contributed by atoms with Crippen LogP contribution in [0.25, 0.3) is 0 Å². The summed E-state index contributed by atoms with van der Waals surface area (Å²) < 4.78 is 24.7. The van der Waals surface area contributed by atoms with E-state index >= 15 is 0 Å². The van der Waals surface area contributed by atoms with E-state index in [1.54, 1.807) is 19.1 Å². The normalized spacial score (nSPS) is 11.4. The zero-order valence-electron chi connectivity index (χ0n) is 11.0. The molecule has 0 aliphatic rings. The molecule has 0 fully saturated rings. The van der Waals surface area contributed by atoms with Gasteiger partial charge in [0.05, 0.1) is 23.4 Å². The van der Waals surface area contributed by atoms with Gasteiger partial charge >= 0.3 is 5.97 Å². The highest BCUT2D eigenvalue weighted by Gasteiger charge is 2.22. The first-order valence-electron chi connectivity index (χ1n) is 5.59. The molecule has 1 aromatic rings. The molecule has 0 radical (unpaired) electrons. The minimum atomic E-state index is -3.59. The molecule has 0 spiro atoms. The van der Waals surface area contributed by atoms with Crippen molar-refractivity contribution in [2.24, 2.45) is 0 Å². The third-order valence-electron chi connectivity index (χ3n) is 2.58. The van der Waals surface area contributed by atoms with Crippen molar-refractivity contribution in [1.82, 2.24) is 0 Å². The van der Waals surface area contributed by atoms with Crippen LogP contribution < -0.4 is 4.31 Å². The van der Waals surface area contributed by atoms with Crippen molar-refractivity contribution in [2.45, 2.75) is 20.3 Å². The van der Waals surface area contributed by atoms with Crippen molar-refractivity contribution >= 4 is 33.3 Å². The lowest BCUT2D eigenvalue weighted by Crippen LogP contribution is -2.32. The van der Waals surface area contributed by atoms with E-state index in [1.807, 2.05) is 6.92 Å². The minimum Gasteiger partial charge on any atom is -0.481 e. The number of nitrogens with zero attached hydrogens (tertiary/aromatic N) is 1. The third kappa shape index (κ3) is 4.11. The van der Waals surface area contributed by atoms with Gasteiger partial charge < -0.3 is 5.11 Å². The van der Waals surface area contributed by atoms with E-state index in [0.717, 1.165) is 16.1 Å². The second kappa shape index (κ2) is 5.79. The Morgan fingerprint density at radius 2 is 1.95 bits per heavy atom. The lowest BCUT2D eigenvalue weighted by molar-refractivity contribution is -0.136. The van der Waals surface area contributed by atoms with Crippen LogP contribution in [-0.4, -0.2) is 32.3 Å². The maximum absolute atomic E-state index is 11.8. The Hall–Kier alpha value is -1.27. The summed E-state index contributed by atoms with van der Waals surface area (Å²) in [5, 5.41) is 9.00. The molecule has 0 unspecified atom stereocenters. The Bertz CT molecular complexity index is 575. The molecule has 0 atom stereocenters. The smallest absolute Gasteiger partial charge is 0.305 e. The standard InChI is InChI=1S/C12H16ClNO4S/c1-8-6-9(2)12(10(13)7-8)14(19(3,17)18)5-4-11(15)16/h6-7H,4-5H2,1-3H3,(H,15,16). The molecule has 0 amide bonds. The van der Waals surface area contributed by atoms with E-state index in [9.17, 15) is 13.2 Å². The van der Waals surface area contributed by atoms with Gasteiger partial charge in [-0.2, -0.15) is 0 Å². The fourth-order valence-electron chi connectivity index (χ4n) is 1.86. The minimum absolute atomic E-state index is 0.141. The van der Waals surface area contributed by atoms with Gasteiger partial charge in [-0.05, 0) is 31.0 Å². The molecule has 5 nitrogen and oxygen atoms in total. The van der Waals surface area contributed by atoms with E-state index in [1.165, 1.54) is 0 Å². The van der Waals surface area contributed by atoms with Gasteiger partial charge in [-0.15, -0.1) is 0 Å². The summed E-state index contributed by atoms with van der Waals surface area (Å²) in [6.07, 6.45) is 0.751. The number of carboxylic acid groups (broad SMARTS) is 1. The third-order valence-corrected chi connectivity index (χ3v) is 4.03. The number of halogens is 1. The van der Waals surface area contributed by atoms with Crippen LogP contribution in [-0.2, 0) is 14.8 Å². The van der Waals surface area contributed by atoms with Crippen LogP contribution in [0.2, 0.25) is 5.02 Å². The van der Waals surface area contributed by atoms with Crippen molar-refractivity contribution < 1.29 is 18.3 Å². The molecule has 0 saturated heterocycles. The lowest BCUT2D eigenvalue weighted by Gasteiger charge is -2.25. The Labute approximate surface area is 117 Å². The second-order valence-corrected chi connectivity index (χ2v) is 6.71. The molecule has 1 rings (SSSR count). The average molecular weight is 306 g/mol. The molecule has 106 valence electrons. The molecular formula is C12H16ClNO4S. The summed E-state index contributed by atoms with van der Waals surface area (Å²) in [6, 6.07) is 3.46. The quantitative estimate of drug-likeness (QED) is 0.905. The largest absolute Gasteiger partial charge is 0.481 e. The maximum Gasteiger partial charge on any atom is 0.305 e. The van der Waals surface area contributed by atoms with E-state index in [-0.39, 0.29) is 13.0 Å². The summed E-state index contributed by atoms with van der Waals surface area (Å²) in [5.41, 5.74) is 1.95. The van der Waals surface area contributed by atoms with Crippen molar-refractivity contribution in [3.8, 4) is 0 Å². The molecule has 0 aliphatic carbocycles. The van der Waals surface area contributed by atoms with Crippen molar-refractivity contribution in [3.05, 3.63) is 28.3 Å². The molecule has 7 heteroatoms. The topological polar surface area (TPSA) is 74.7 Å². The van der Waals surface area contributed by atoms with Crippen molar-refractivity contribution in [3.63, 3.8) is 0 Å². The number of aliphatic carboxylic acids is 1. The van der Waals surface area contributed by atoms with Gasteiger partial charge in [-0.3, -0.25) is 9.10 Å². The number of rotatable bonds is 5. The number of carbonyl (C=O) groups is 1. The molecule has 19 heavy (non-hydrogen) atoms. The van der Waals surface area contributed by atoms with Crippen molar-refractivity contribution in [1.29, 1.82) is 0 Å². The van der Waals surface area contributed by atoms with Crippen LogP contribution >= 0.6 is 11.6 Å². The average Bonchev–Trinajstić information content (AvgIpc) is 2.19. The maximum atomic E-state index is 11.8. The van der Waals surface area contributed by atoms with Gasteiger partial charge in [0.2, 0.25) is 10.0 Å². The van der Waals surface area contributed by atoms with Crippen LogP contribution in [0.15, 0.2) is 12.1 Å². The number of benzene rings is 1. The van der Waals surface area contributed by atoms with E-state index in [4.69, 9.17) is 16.7 Å². The molecule has 0 aromatic heterocycles. The highest BCUT2D eigenvalue weighted by Crippen LogP contribution is 2.32. The van der Waals surface area contributed by atoms with Crippen LogP contribution in [0.5, 0.6) is 0 Å². The van der Waals surface area contributed by atoms with Gasteiger partial charge in [-0.1, -0.05) is 17.7 Å². The predicted molar refractivity (Wildman–Crippen MR) is 75.4 cm³/mol. The summed E-state index contributed by atoms with van der Waals surface area (Å²) in [5.74, 6) is -1.06. The number of sulfonamides is 1. The van der Waals surface area contributed by atoms with E-state index in [0.29, 0.717) is 16.3 Å². The summed E-state index contributed by atoms with van der Waals surface area (Å²) in [7, 11) is -3.59. The molecule has 0 heterocycles. The molecule has 1 N–H and O–H groups in total. The Balaban J connectivity index is 3.30. The number of hydrogen-bond acceptors (Lipinski definition) is 3. The van der Waals surface area contributed by atoms with Gasteiger partial charge in [0.1, 0.15) is 0 Å². The number of aryl methyl sites for hydroxylation is 2. The highest BCUT2D eigenvalue weighted by atomic mass is 35.5. The van der Waals surface area contributed by atoms with Crippen LogP contribution in [0, 0.1) is 13.8 Å². The van der Waals surface area contributed by atoms with Gasteiger partial charge in [0.25, 0.3) is 0 Å². The molecular weight excluding hydrogens is 290 g/mol. The van der Waals surface area contributed by atoms with Crippen LogP contribution in [0.3, 0.4) is 0 Å². The molecule has 0 aliphatic heterocycles. The Morgan fingerprint density at radius 3 is 2.37 bits per heavy atom. The zero-order valence-corrected chi connectivity index (χ0v) is 12.5. The predicted octanol–water partition coefficient (Wildman–Crippen LogP) is 2.20. The van der Waals surface area contributed by atoms with Crippen molar-refractivity contribution in [2.75, 3.05) is 17.1 Å². The lowest BCUT2D eigenvalue weighted by atomic mass is 10.1. The SMILES string of the molecule is Cc1cc(C)c(N(CCC(=O)O)S(C)(=O)=O)c(Cl)c1. The van der Waals surface area contributed by atoms with Gasteiger partial charge in [0.15, 0.2) is 0 Å². The second-order valence-electron chi connectivity index (χ2n) is 4.39. The summed E-state index contributed by atoms with van der Waals surface area (Å²) in [4.78, 5) is 10.6. The molecule has 0 saturated carbocycles. The van der Waals surface area contributed by atoms with Crippen LogP contribution in [0.4, 0.5) is 5.69 Å². The Morgan fingerprint density at radius 1 is 1.37 bits per heavy atom. The first-order valence-corrected chi connectivity index (χ1v) is 7.82. The molecule has 1 aromatic carbocycles. The number of anilines is 1. The number of hydrogen-bond donors (Lipinski definition) is 1. The first kappa shape index (κ1) is 15.8. The fourth-order valence-corrected chi connectivity index (χ4v) is 3.33. The fraction of sp³-hybridized carbons (Fsp3) is 0.417. The van der Waals surface area contributed by atoms with E-state index < -0.39 is 16.0 Å². The van der Waals surface area contributed by atoms with Gasteiger partial charge in [0, 0.05) is 6.54 Å². The van der Waals surface area contributed by atoms with E-state index in [2.05, 4.69) is 0 Å². The summed E-state index contributed by atoms with van der Waals surface area (Å²) >= 11 is 6.10. The number of carboxylic acids is 1. The molecule has 0 bridgehead atoms. The Kier molecular flexibility index (Phi) is 4.81. The zero-order chi connectivity index (χ0) is 14.8. The summed E-state index contributed by atoms with van der Waals surface area (Å²) in [6.45, 7) is 3.45. The van der Waals surface area contributed by atoms with Gasteiger partial charge in [-0.25, -0.2) is 8.42 Å². The highest BCUT2D eigenvalue weighted by molar-refractivity contribution is 7.92. The monoisotopic (exact) mass is 305 g/mol.